The smallest absolute Gasteiger partial charge is 0.254 e. The molecule has 0 bridgehead atoms. The fourth-order valence-electron chi connectivity index (χ4n) is 1.82. The van der Waals surface area contributed by atoms with E-state index in [1.807, 2.05) is 11.8 Å². The molecule has 100 valence electrons. The van der Waals surface area contributed by atoms with Gasteiger partial charge in [-0.05, 0) is 37.1 Å². The first-order valence-electron chi connectivity index (χ1n) is 6.25. The SMILES string of the molecule is CCCCN(CCBr)C(=O)c1ccc(O)cc1C. The lowest BCUT2D eigenvalue weighted by atomic mass is 10.1. The highest BCUT2D eigenvalue weighted by atomic mass is 79.9. The fourth-order valence-corrected chi connectivity index (χ4v) is 2.25. The van der Waals surface area contributed by atoms with Crippen molar-refractivity contribution in [2.75, 3.05) is 18.4 Å². The lowest BCUT2D eigenvalue weighted by molar-refractivity contribution is 0.0763. The third-order valence-corrected chi connectivity index (χ3v) is 3.22. The van der Waals surface area contributed by atoms with E-state index in [0.717, 1.165) is 30.3 Å². The lowest BCUT2D eigenvalue weighted by Crippen LogP contribution is -2.34. The Labute approximate surface area is 117 Å². The maximum absolute atomic E-state index is 12.4. The van der Waals surface area contributed by atoms with E-state index in [0.29, 0.717) is 12.1 Å². The summed E-state index contributed by atoms with van der Waals surface area (Å²) in [6, 6.07) is 4.88. The highest BCUT2D eigenvalue weighted by Gasteiger charge is 2.16. The number of alkyl halides is 1. The third kappa shape index (κ3) is 4.02. The van der Waals surface area contributed by atoms with Crippen LogP contribution in [0.5, 0.6) is 5.75 Å². The minimum Gasteiger partial charge on any atom is -0.508 e. The number of aromatic hydroxyl groups is 1. The number of carbonyl (C=O) groups excluding carboxylic acids is 1. The van der Waals surface area contributed by atoms with Gasteiger partial charge < -0.3 is 10.0 Å². The average molecular weight is 314 g/mol. The van der Waals surface area contributed by atoms with Crippen molar-refractivity contribution < 1.29 is 9.90 Å². The number of halogens is 1. The Bertz CT molecular complexity index is 407. The van der Waals surface area contributed by atoms with E-state index in [1.54, 1.807) is 18.2 Å². The number of nitrogens with zero attached hydrogens (tertiary/aromatic N) is 1. The van der Waals surface area contributed by atoms with E-state index in [9.17, 15) is 9.90 Å². The average Bonchev–Trinajstić information content (AvgIpc) is 2.33. The molecule has 1 N–H and O–H groups in total. The van der Waals surface area contributed by atoms with Gasteiger partial charge in [0.2, 0.25) is 0 Å². The molecule has 0 fully saturated rings. The van der Waals surface area contributed by atoms with Crippen LogP contribution >= 0.6 is 15.9 Å². The van der Waals surface area contributed by atoms with Crippen LogP contribution in [0.1, 0.15) is 35.7 Å². The van der Waals surface area contributed by atoms with Crippen LogP contribution in [0.25, 0.3) is 0 Å². The molecule has 0 heterocycles. The molecule has 0 atom stereocenters. The van der Waals surface area contributed by atoms with Gasteiger partial charge in [-0.2, -0.15) is 0 Å². The van der Waals surface area contributed by atoms with Crippen molar-refractivity contribution in [2.45, 2.75) is 26.7 Å². The van der Waals surface area contributed by atoms with Gasteiger partial charge in [-0.1, -0.05) is 29.3 Å². The number of amides is 1. The van der Waals surface area contributed by atoms with Crippen molar-refractivity contribution in [1.82, 2.24) is 4.90 Å². The van der Waals surface area contributed by atoms with Crippen LogP contribution in [0.15, 0.2) is 18.2 Å². The summed E-state index contributed by atoms with van der Waals surface area (Å²) in [5.74, 6) is 0.241. The highest BCUT2D eigenvalue weighted by Crippen LogP contribution is 2.17. The van der Waals surface area contributed by atoms with Gasteiger partial charge in [-0.25, -0.2) is 0 Å². The zero-order chi connectivity index (χ0) is 13.5. The Morgan fingerprint density at radius 2 is 2.11 bits per heavy atom. The number of rotatable bonds is 6. The van der Waals surface area contributed by atoms with Gasteiger partial charge in [0.1, 0.15) is 5.75 Å². The summed E-state index contributed by atoms with van der Waals surface area (Å²) in [7, 11) is 0. The summed E-state index contributed by atoms with van der Waals surface area (Å²) < 4.78 is 0. The number of unbranched alkanes of at least 4 members (excludes halogenated alkanes) is 1. The van der Waals surface area contributed by atoms with Crippen LogP contribution in [-0.2, 0) is 0 Å². The molecular weight excluding hydrogens is 294 g/mol. The topological polar surface area (TPSA) is 40.5 Å². The quantitative estimate of drug-likeness (QED) is 0.818. The maximum Gasteiger partial charge on any atom is 0.254 e. The van der Waals surface area contributed by atoms with E-state index in [4.69, 9.17) is 0 Å². The van der Waals surface area contributed by atoms with Crippen molar-refractivity contribution in [3.63, 3.8) is 0 Å². The van der Waals surface area contributed by atoms with Crippen molar-refractivity contribution in [1.29, 1.82) is 0 Å². The predicted octanol–water partition coefficient (Wildman–Crippen LogP) is 3.34. The van der Waals surface area contributed by atoms with Crippen LogP contribution in [0, 0.1) is 6.92 Å². The number of phenols is 1. The molecule has 0 saturated heterocycles. The van der Waals surface area contributed by atoms with E-state index < -0.39 is 0 Å². The molecule has 1 rings (SSSR count). The Hall–Kier alpha value is -1.03. The maximum atomic E-state index is 12.4. The Morgan fingerprint density at radius 1 is 1.39 bits per heavy atom. The predicted molar refractivity (Wildman–Crippen MR) is 77.4 cm³/mol. The van der Waals surface area contributed by atoms with Gasteiger partial charge >= 0.3 is 0 Å². The second-order valence-corrected chi connectivity index (χ2v) is 5.13. The molecule has 0 aliphatic heterocycles. The molecule has 3 nitrogen and oxygen atoms in total. The van der Waals surface area contributed by atoms with E-state index in [-0.39, 0.29) is 11.7 Å². The van der Waals surface area contributed by atoms with Gasteiger partial charge in [0.25, 0.3) is 5.91 Å². The van der Waals surface area contributed by atoms with Gasteiger partial charge in [-0.15, -0.1) is 0 Å². The van der Waals surface area contributed by atoms with Gasteiger partial charge in [0.05, 0.1) is 0 Å². The summed E-state index contributed by atoms with van der Waals surface area (Å²) in [5.41, 5.74) is 1.49. The molecule has 0 aromatic heterocycles. The highest BCUT2D eigenvalue weighted by molar-refractivity contribution is 9.09. The molecule has 0 radical (unpaired) electrons. The van der Waals surface area contributed by atoms with Crippen molar-refractivity contribution in [3.05, 3.63) is 29.3 Å². The minimum absolute atomic E-state index is 0.0420. The summed E-state index contributed by atoms with van der Waals surface area (Å²) in [6.07, 6.45) is 2.08. The van der Waals surface area contributed by atoms with Crippen LogP contribution in [0.3, 0.4) is 0 Å². The van der Waals surface area contributed by atoms with Crippen LogP contribution in [0.2, 0.25) is 0 Å². The number of hydrogen-bond acceptors (Lipinski definition) is 2. The summed E-state index contributed by atoms with van der Waals surface area (Å²) >= 11 is 3.38. The molecule has 0 aliphatic rings. The first-order valence-corrected chi connectivity index (χ1v) is 7.37. The molecule has 0 saturated carbocycles. The Morgan fingerprint density at radius 3 is 2.67 bits per heavy atom. The molecule has 0 spiro atoms. The third-order valence-electron chi connectivity index (χ3n) is 2.86. The van der Waals surface area contributed by atoms with Gasteiger partial charge in [-0.3, -0.25) is 4.79 Å². The van der Waals surface area contributed by atoms with Crippen LogP contribution in [-0.4, -0.2) is 34.3 Å². The standard InChI is InChI=1S/C14H20BrNO2/c1-3-4-8-16(9-7-15)14(18)13-6-5-12(17)10-11(13)2/h5-6,10,17H,3-4,7-9H2,1-2H3. The summed E-state index contributed by atoms with van der Waals surface area (Å²) in [6.45, 7) is 5.45. The summed E-state index contributed by atoms with van der Waals surface area (Å²) in [5, 5.41) is 10.1. The van der Waals surface area contributed by atoms with Crippen molar-refractivity contribution >= 4 is 21.8 Å². The molecule has 18 heavy (non-hydrogen) atoms. The number of benzene rings is 1. The molecular formula is C14H20BrNO2. The molecule has 1 amide bonds. The second kappa shape index (κ2) is 7.41. The second-order valence-electron chi connectivity index (χ2n) is 4.33. The molecule has 4 heteroatoms. The summed E-state index contributed by atoms with van der Waals surface area (Å²) in [4.78, 5) is 14.3. The molecule has 0 unspecified atom stereocenters. The first kappa shape index (κ1) is 15.0. The molecule has 1 aromatic rings. The Balaban J connectivity index is 2.87. The zero-order valence-electron chi connectivity index (χ0n) is 10.9. The molecule has 0 aliphatic carbocycles. The van der Waals surface area contributed by atoms with E-state index in [1.165, 1.54) is 0 Å². The van der Waals surface area contributed by atoms with Crippen LogP contribution < -0.4 is 0 Å². The van der Waals surface area contributed by atoms with Crippen molar-refractivity contribution in [2.24, 2.45) is 0 Å². The van der Waals surface area contributed by atoms with E-state index >= 15 is 0 Å². The fraction of sp³-hybridized carbons (Fsp3) is 0.500. The van der Waals surface area contributed by atoms with Gasteiger partial charge in [0.15, 0.2) is 0 Å². The van der Waals surface area contributed by atoms with Crippen molar-refractivity contribution in [3.8, 4) is 5.75 Å². The lowest BCUT2D eigenvalue weighted by Gasteiger charge is -2.22. The normalized spacial score (nSPS) is 10.4. The monoisotopic (exact) mass is 313 g/mol. The zero-order valence-corrected chi connectivity index (χ0v) is 12.5. The Kier molecular flexibility index (Phi) is 6.19. The number of carbonyl (C=O) groups is 1. The minimum atomic E-state index is 0.0420. The number of aryl methyl sites for hydroxylation is 1. The number of hydrogen-bond donors (Lipinski definition) is 1. The van der Waals surface area contributed by atoms with Crippen LogP contribution in [0.4, 0.5) is 0 Å². The number of phenolic OH excluding ortho intramolecular Hbond substituents is 1. The molecule has 1 aromatic carbocycles. The van der Waals surface area contributed by atoms with Gasteiger partial charge in [0, 0.05) is 24.0 Å². The largest absolute Gasteiger partial charge is 0.508 e. The van der Waals surface area contributed by atoms with E-state index in [2.05, 4.69) is 22.9 Å². The first-order chi connectivity index (χ1) is 8.60.